The van der Waals surface area contributed by atoms with Crippen molar-refractivity contribution in [1.82, 2.24) is 49.2 Å². The Kier molecular flexibility index (Phi) is 19.1. The highest BCUT2D eigenvalue weighted by Crippen LogP contribution is 2.30. The molecule has 0 aliphatic carbocycles. The van der Waals surface area contributed by atoms with Gasteiger partial charge in [0.25, 0.3) is 5.91 Å². The molecule has 0 unspecified atom stereocenters. The van der Waals surface area contributed by atoms with Gasteiger partial charge in [-0.25, -0.2) is 33.4 Å². The summed E-state index contributed by atoms with van der Waals surface area (Å²) in [6, 6.07) is 36.3. The molecule has 4 aromatic heterocycles. The third-order valence-electron chi connectivity index (χ3n) is 15.0. The fourth-order valence-electron chi connectivity index (χ4n) is 9.74. The molecular weight excluding hydrogens is 1070 g/mol. The number of likely N-dealkylation sites (tertiary alicyclic amines) is 1. The molecule has 0 bridgehead atoms. The van der Waals surface area contributed by atoms with Gasteiger partial charge in [-0.1, -0.05) is 7.43 Å². The fraction of sp³-hybridized carbons (Fsp3) is 0.344. The van der Waals surface area contributed by atoms with Gasteiger partial charge in [-0.05, 0) is 163 Å². The fourth-order valence-corrected chi connectivity index (χ4v) is 9.74. The van der Waals surface area contributed by atoms with Crippen LogP contribution in [0.3, 0.4) is 0 Å². The lowest BCUT2D eigenvalue weighted by Crippen LogP contribution is -2.59. The van der Waals surface area contributed by atoms with Crippen LogP contribution in [0.15, 0.2) is 134 Å². The molecule has 23 heteroatoms. The van der Waals surface area contributed by atoms with Crippen LogP contribution in [0.25, 0.3) is 33.8 Å². The standard InChI is InChI=1S/C30H34N8O3.C25H24N6O4.C5H12N2.CH4/c1-20-19-41-16-15-37(20)28-26-5-4-14-38(26)34-27(33-28)21-6-10-23(11-7-21)31-30(40)32-24-12-8-22(9-13-24)29(39)36-17-25(18-36)35(2)3;1-16-15-35-14-13-30(16)23-21-3-2-12-31(21)29-22(28-23)17-4-8-19(9-5-17)26-25(34)27-20-10-6-18(7-11-20)24(32)33;1-7(2)5-3-6-4-5;/h4-14,20,25H,15-19H2,1-3H3,(H2,31,32,40);2-12,16H,13-15H2,1H3,(H,32,33)(H2,26,27,34);5-6H,3-4H2,1-2H3;1H4/t20-;16-;;/m11../s1. The first-order chi connectivity index (χ1) is 40.1. The Labute approximate surface area is 488 Å². The van der Waals surface area contributed by atoms with Gasteiger partial charge < -0.3 is 65.7 Å². The number of morpholine rings is 2. The second kappa shape index (κ2) is 26.9. The minimum Gasteiger partial charge on any atom is -0.478 e. The number of urea groups is 2. The second-order valence-corrected chi connectivity index (χ2v) is 21.3. The van der Waals surface area contributed by atoms with Crippen LogP contribution in [-0.4, -0.2) is 191 Å². The largest absolute Gasteiger partial charge is 0.478 e. The van der Waals surface area contributed by atoms with Crippen molar-refractivity contribution in [2.45, 2.75) is 45.4 Å². The molecule has 4 saturated heterocycles. The van der Waals surface area contributed by atoms with E-state index in [0.29, 0.717) is 72.4 Å². The van der Waals surface area contributed by atoms with Crippen LogP contribution in [0.2, 0.25) is 0 Å². The molecule has 4 fully saturated rings. The molecule has 8 aromatic rings. The Bertz CT molecular complexity index is 3530. The predicted octanol–water partition coefficient (Wildman–Crippen LogP) is 7.77. The van der Waals surface area contributed by atoms with Crippen LogP contribution in [0.5, 0.6) is 0 Å². The number of carbonyl (C=O) groups is 4. The number of nitrogens with zero attached hydrogens (tertiary/aromatic N) is 11. The summed E-state index contributed by atoms with van der Waals surface area (Å²) in [7, 11) is 8.28. The first-order valence-corrected chi connectivity index (χ1v) is 27.7. The number of nitrogens with one attached hydrogen (secondary N) is 5. The van der Waals surface area contributed by atoms with Gasteiger partial charge in [0.1, 0.15) is 11.0 Å². The second-order valence-electron chi connectivity index (χ2n) is 21.3. The quantitative estimate of drug-likeness (QED) is 0.0684. The summed E-state index contributed by atoms with van der Waals surface area (Å²) in [6.07, 6.45) is 3.82. The number of rotatable bonds is 12. The van der Waals surface area contributed by atoms with Crippen molar-refractivity contribution in [1.29, 1.82) is 0 Å². The zero-order chi connectivity index (χ0) is 58.1. The van der Waals surface area contributed by atoms with Crippen LogP contribution in [-0.2, 0) is 9.47 Å². The summed E-state index contributed by atoms with van der Waals surface area (Å²) >= 11 is 0. The topological polar surface area (TPSA) is 244 Å². The van der Waals surface area contributed by atoms with E-state index in [1.165, 1.54) is 37.4 Å². The highest BCUT2D eigenvalue weighted by atomic mass is 16.5. The number of carbonyl (C=O) groups excluding carboxylic acids is 3. The molecule has 8 heterocycles. The molecule has 0 radical (unpaired) electrons. The molecule has 23 nitrogen and oxygen atoms in total. The monoisotopic (exact) mass is 1140 g/mol. The number of likely N-dealkylation sites (N-methyl/N-ethyl adjacent to an activating group) is 2. The van der Waals surface area contributed by atoms with E-state index in [2.05, 4.69) is 79.2 Å². The van der Waals surface area contributed by atoms with Crippen molar-refractivity contribution < 1.29 is 33.8 Å². The van der Waals surface area contributed by atoms with E-state index in [9.17, 15) is 19.2 Å². The van der Waals surface area contributed by atoms with Crippen LogP contribution < -0.4 is 36.4 Å². The zero-order valence-electron chi connectivity index (χ0n) is 47.4. The van der Waals surface area contributed by atoms with Gasteiger partial charge in [0.15, 0.2) is 23.3 Å². The molecule has 0 spiro atoms. The Morgan fingerprint density at radius 3 is 1.30 bits per heavy atom. The average Bonchev–Trinajstić information content (AvgIpc) is 3.62. The van der Waals surface area contributed by atoms with Crippen LogP contribution in [0.4, 0.5) is 44.0 Å². The van der Waals surface area contributed by atoms with E-state index in [4.69, 9.17) is 29.6 Å². The summed E-state index contributed by atoms with van der Waals surface area (Å²) < 4.78 is 14.9. The molecule has 440 valence electrons. The van der Waals surface area contributed by atoms with Crippen molar-refractivity contribution in [3.8, 4) is 22.8 Å². The number of fused-ring (bicyclic) bond motifs is 2. The Morgan fingerprint density at radius 1 is 0.560 bits per heavy atom. The number of benzene rings is 4. The van der Waals surface area contributed by atoms with Crippen molar-refractivity contribution in [2.24, 2.45) is 0 Å². The lowest BCUT2D eigenvalue weighted by atomic mass is 10.1. The third kappa shape index (κ3) is 14.2. The summed E-state index contributed by atoms with van der Waals surface area (Å²) in [5, 5.41) is 32.7. The van der Waals surface area contributed by atoms with Crippen molar-refractivity contribution in [3.05, 3.63) is 145 Å². The van der Waals surface area contributed by atoms with E-state index in [1.54, 1.807) is 36.4 Å². The zero-order valence-corrected chi connectivity index (χ0v) is 47.4. The number of anilines is 6. The van der Waals surface area contributed by atoms with E-state index in [1.807, 2.05) is 101 Å². The lowest BCUT2D eigenvalue weighted by molar-refractivity contribution is 0.0399. The van der Waals surface area contributed by atoms with Crippen LogP contribution >= 0.6 is 0 Å². The maximum absolute atomic E-state index is 12.7. The molecule has 4 aromatic carbocycles. The number of carboxylic acids is 1. The van der Waals surface area contributed by atoms with Gasteiger partial charge in [-0.15, -0.1) is 10.2 Å². The molecule has 2 atom stereocenters. The molecule has 4 aliphatic rings. The molecular formula is C61H74N16O7. The highest BCUT2D eigenvalue weighted by molar-refractivity contribution is 6.01. The first kappa shape index (κ1) is 59.6. The van der Waals surface area contributed by atoms with E-state index in [0.717, 1.165) is 66.0 Å². The Hall–Kier alpha value is -9.00. The van der Waals surface area contributed by atoms with E-state index >= 15 is 0 Å². The van der Waals surface area contributed by atoms with Crippen LogP contribution in [0.1, 0.15) is 42.0 Å². The number of amides is 5. The number of ether oxygens (including phenoxy) is 2. The average molecular weight is 1140 g/mol. The van der Waals surface area contributed by atoms with E-state index < -0.39 is 12.0 Å². The third-order valence-corrected chi connectivity index (χ3v) is 15.0. The maximum atomic E-state index is 12.7. The molecule has 4 aliphatic heterocycles. The first-order valence-electron chi connectivity index (χ1n) is 27.7. The predicted molar refractivity (Wildman–Crippen MR) is 328 cm³/mol. The van der Waals surface area contributed by atoms with Crippen molar-refractivity contribution in [2.75, 3.05) is 125 Å². The van der Waals surface area contributed by atoms with Gasteiger partial charge in [-0.3, -0.25) is 4.79 Å². The summed E-state index contributed by atoms with van der Waals surface area (Å²) in [6.45, 7) is 12.2. The van der Waals surface area contributed by atoms with Gasteiger partial charge in [0.2, 0.25) is 0 Å². The number of hydrogen-bond donors (Lipinski definition) is 6. The van der Waals surface area contributed by atoms with Crippen molar-refractivity contribution >= 4 is 69.4 Å². The van der Waals surface area contributed by atoms with Gasteiger partial charge in [-0.2, -0.15) is 0 Å². The molecule has 12 rings (SSSR count). The van der Waals surface area contributed by atoms with Crippen molar-refractivity contribution in [3.63, 3.8) is 0 Å². The van der Waals surface area contributed by atoms with Gasteiger partial charge in [0.05, 0.1) is 44.1 Å². The summed E-state index contributed by atoms with van der Waals surface area (Å²) in [5.41, 5.74) is 6.63. The minimum atomic E-state index is -1.02. The minimum absolute atomic E-state index is 0. The summed E-state index contributed by atoms with van der Waals surface area (Å²) in [5.74, 6) is 1.91. The number of carboxylic acid groups (broad SMARTS) is 1. The van der Waals surface area contributed by atoms with Crippen LogP contribution in [0, 0.1) is 0 Å². The molecule has 84 heavy (non-hydrogen) atoms. The lowest BCUT2D eigenvalue weighted by Gasteiger charge is -2.42. The SMILES string of the molecule is C.CN(C)C1CNC1.C[C@@H]1COCCN1c1nc(-c2ccc(NC(=O)Nc3ccc(C(=O)N4CC(N(C)C)C4)cc3)cc2)nn2cccc12.C[C@@H]1COCCN1c1nc(-c2ccc(NC(=O)Nc3ccc(C(=O)O)cc3)cc2)nn2cccc12. The molecule has 0 saturated carbocycles. The normalized spacial score (nSPS) is 17.0. The maximum Gasteiger partial charge on any atom is 0.335 e. The number of aromatic nitrogens is 6. The Morgan fingerprint density at radius 2 is 0.952 bits per heavy atom. The van der Waals surface area contributed by atoms with Gasteiger partial charge >= 0.3 is 18.0 Å². The smallest absolute Gasteiger partial charge is 0.335 e. The van der Waals surface area contributed by atoms with Gasteiger partial charge in [0, 0.05) is 103 Å². The van der Waals surface area contributed by atoms with E-state index in [-0.39, 0.29) is 37.0 Å². The number of hydrogen-bond acceptors (Lipinski definition) is 15. The number of aromatic carboxylic acids is 1. The highest BCUT2D eigenvalue weighted by Gasteiger charge is 2.32. The molecule has 6 N–H and O–H groups in total. The molecule has 5 amide bonds. The Balaban J connectivity index is 0.000000180. The summed E-state index contributed by atoms with van der Waals surface area (Å²) in [4.78, 5) is 69.1.